The van der Waals surface area contributed by atoms with Crippen LogP contribution < -0.4 is 5.73 Å². The number of benzene rings is 1. The van der Waals surface area contributed by atoms with Crippen molar-refractivity contribution in [3.05, 3.63) is 34.1 Å². The summed E-state index contributed by atoms with van der Waals surface area (Å²) in [6.45, 7) is 2.68. The Hall–Kier alpha value is -1.47. The molecule has 0 aliphatic carbocycles. The minimum absolute atomic E-state index is 0.136. The van der Waals surface area contributed by atoms with Crippen LogP contribution in [0.25, 0.3) is 0 Å². The number of nitrogens with two attached hydrogens (primary N) is 1. The van der Waals surface area contributed by atoms with Gasteiger partial charge in [0.05, 0.1) is 12.1 Å². The number of primary amides is 1. The van der Waals surface area contributed by atoms with Crippen molar-refractivity contribution in [3.8, 4) is 0 Å². The van der Waals surface area contributed by atoms with Crippen molar-refractivity contribution < 1.29 is 14.0 Å². The van der Waals surface area contributed by atoms with Crippen LogP contribution in [0.1, 0.15) is 16.8 Å². The van der Waals surface area contributed by atoms with Gasteiger partial charge in [-0.3, -0.25) is 14.5 Å². The van der Waals surface area contributed by atoms with Crippen molar-refractivity contribution >= 4 is 27.7 Å². The normalized spacial score (nSPS) is 16.6. The maximum absolute atomic E-state index is 13.1. The van der Waals surface area contributed by atoms with Gasteiger partial charge in [-0.25, -0.2) is 4.39 Å². The van der Waals surface area contributed by atoms with E-state index in [9.17, 15) is 14.0 Å². The Morgan fingerprint density at radius 2 is 2.00 bits per heavy atom. The lowest BCUT2D eigenvalue weighted by Gasteiger charge is -2.22. The fourth-order valence-electron chi connectivity index (χ4n) is 2.39. The number of carbonyl (C=O) groups is 2. The number of hydrogen-bond donors (Lipinski definition) is 1. The lowest BCUT2D eigenvalue weighted by molar-refractivity contribution is -0.119. The average molecular weight is 358 g/mol. The van der Waals surface area contributed by atoms with E-state index < -0.39 is 0 Å². The van der Waals surface area contributed by atoms with Crippen LogP contribution in [0, 0.1) is 5.82 Å². The molecule has 1 heterocycles. The molecule has 0 spiro atoms. The van der Waals surface area contributed by atoms with E-state index in [1.54, 1.807) is 4.90 Å². The Morgan fingerprint density at radius 3 is 2.67 bits per heavy atom. The van der Waals surface area contributed by atoms with Crippen molar-refractivity contribution in [2.24, 2.45) is 5.73 Å². The van der Waals surface area contributed by atoms with Gasteiger partial charge in [0.25, 0.3) is 5.91 Å². The molecule has 5 nitrogen and oxygen atoms in total. The molecule has 7 heteroatoms. The Morgan fingerprint density at radius 1 is 1.24 bits per heavy atom. The first kappa shape index (κ1) is 15.9. The van der Waals surface area contributed by atoms with E-state index in [4.69, 9.17) is 5.73 Å². The molecule has 1 aromatic carbocycles. The minimum atomic E-state index is -0.387. The summed E-state index contributed by atoms with van der Waals surface area (Å²) in [5, 5.41) is 0. The molecule has 1 aliphatic rings. The zero-order chi connectivity index (χ0) is 15.4. The molecule has 0 saturated carbocycles. The third kappa shape index (κ3) is 4.25. The van der Waals surface area contributed by atoms with Gasteiger partial charge < -0.3 is 10.6 Å². The van der Waals surface area contributed by atoms with Crippen LogP contribution in [-0.4, -0.2) is 54.3 Å². The summed E-state index contributed by atoms with van der Waals surface area (Å²) in [5.41, 5.74) is 5.64. The van der Waals surface area contributed by atoms with E-state index in [0.29, 0.717) is 29.7 Å². The molecule has 1 fully saturated rings. The van der Waals surface area contributed by atoms with Gasteiger partial charge in [0.15, 0.2) is 0 Å². The Labute approximate surface area is 131 Å². The second-order valence-electron chi connectivity index (χ2n) is 5.01. The highest BCUT2D eigenvalue weighted by molar-refractivity contribution is 9.10. The van der Waals surface area contributed by atoms with Gasteiger partial charge >= 0.3 is 0 Å². The summed E-state index contributed by atoms with van der Waals surface area (Å²) in [7, 11) is 0. The lowest BCUT2D eigenvalue weighted by atomic mass is 10.2. The Balaban J connectivity index is 2.04. The highest BCUT2D eigenvalue weighted by Crippen LogP contribution is 2.20. The monoisotopic (exact) mass is 357 g/mol. The van der Waals surface area contributed by atoms with Crippen LogP contribution in [0.5, 0.6) is 0 Å². The number of carbonyl (C=O) groups excluding carboxylic acids is 2. The molecule has 1 saturated heterocycles. The molecule has 0 aromatic heterocycles. The summed E-state index contributed by atoms with van der Waals surface area (Å²) >= 11 is 3.22. The van der Waals surface area contributed by atoms with Gasteiger partial charge in [0, 0.05) is 30.7 Å². The van der Waals surface area contributed by atoms with Crippen LogP contribution in [0.2, 0.25) is 0 Å². The van der Waals surface area contributed by atoms with E-state index >= 15 is 0 Å². The Bertz CT molecular complexity index is 553. The quantitative estimate of drug-likeness (QED) is 0.884. The lowest BCUT2D eigenvalue weighted by Crippen LogP contribution is -2.38. The SMILES string of the molecule is NC(=O)CN1CCCN(C(=O)c2ccc(F)cc2Br)CC1. The van der Waals surface area contributed by atoms with Crippen molar-refractivity contribution in [1.82, 2.24) is 9.80 Å². The molecule has 2 N–H and O–H groups in total. The number of rotatable bonds is 3. The van der Waals surface area contributed by atoms with Crippen molar-refractivity contribution in [1.29, 1.82) is 0 Å². The van der Waals surface area contributed by atoms with E-state index in [1.165, 1.54) is 18.2 Å². The molecule has 0 unspecified atom stereocenters. The van der Waals surface area contributed by atoms with Crippen LogP contribution >= 0.6 is 15.9 Å². The van der Waals surface area contributed by atoms with Gasteiger partial charge in [-0.1, -0.05) is 0 Å². The molecule has 0 bridgehead atoms. The molecule has 1 aromatic rings. The predicted octanol–water partition coefficient (Wildman–Crippen LogP) is 1.22. The van der Waals surface area contributed by atoms with Gasteiger partial charge in [0.2, 0.25) is 5.91 Å². The average Bonchev–Trinajstić information content (AvgIpc) is 2.63. The zero-order valence-corrected chi connectivity index (χ0v) is 13.1. The fourth-order valence-corrected chi connectivity index (χ4v) is 2.91. The summed E-state index contributed by atoms with van der Waals surface area (Å²) in [6.07, 6.45) is 0.776. The largest absolute Gasteiger partial charge is 0.369 e. The summed E-state index contributed by atoms with van der Waals surface area (Å²) < 4.78 is 13.5. The summed E-state index contributed by atoms with van der Waals surface area (Å²) in [5.74, 6) is -0.888. The summed E-state index contributed by atoms with van der Waals surface area (Å²) in [4.78, 5) is 27.1. The van der Waals surface area contributed by atoms with E-state index in [1.807, 2.05) is 4.90 Å². The van der Waals surface area contributed by atoms with Gasteiger partial charge in [-0.15, -0.1) is 0 Å². The first-order valence-corrected chi connectivity index (χ1v) is 7.51. The highest BCUT2D eigenvalue weighted by atomic mass is 79.9. The van der Waals surface area contributed by atoms with Gasteiger partial charge in [-0.05, 0) is 40.5 Å². The number of nitrogens with zero attached hydrogens (tertiary/aromatic N) is 2. The predicted molar refractivity (Wildman–Crippen MR) is 80.3 cm³/mol. The molecule has 114 valence electrons. The number of amides is 2. The van der Waals surface area contributed by atoms with Crippen LogP contribution in [0.4, 0.5) is 4.39 Å². The van der Waals surface area contributed by atoms with Gasteiger partial charge in [-0.2, -0.15) is 0 Å². The number of hydrogen-bond acceptors (Lipinski definition) is 3. The maximum atomic E-state index is 13.1. The third-order valence-electron chi connectivity index (χ3n) is 3.42. The Kier molecular flexibility index (Phi) is 5.30. The number of halogens is 2. The molecule has 0 radical (unpaired) electrons. The van der Waals surface area contributed by atoms with Crippen molar-refractivity contribution in [2.45, 2.75) is 6.42 Å². The second-order valence-corrected chi connectivity index (χ2v) is 5.87. The molecule has 2 amide bonds. The highest BCUT2D eigenvalue weighted by Gasteiger charge is 2.22. The van der Waals surface area contributed by atoms with Crippen molar-refractivity contribution in [3.63, 3.8) is 0 Å². The molecular weight excluding hydrogens is 341 g/mol. The molecule has 0 atom stereocenters. The van der Waals surface area contributed by atoms with E-state index in [2.05, 4.69) is 15.9 Å². The van der Waals surface area contributed by atoms with Crippen molar-refractivity contribution in [2.75, 3.05) is 32.7 Å². The fraction of sp³-hybridized carbons (Fsp3) is 0.429. The molecule has 21 heavy (non-hydrogen) atoms. The second kappa shape index (κ2) is 7.00. The van der Waals surface area contributed by atoms with E-state index in [0.717, 1.165) is 13.0 Å². The third-order valence-corrected chi connectivity index (χ3v) is 4.07. The first-order chi connectivity index (χ1) is 9.97. The standard InChI is InChI=1S/C14H17BrFN3O2/c15-12-8-10(16)2-3-11(12)14(21)19-5-1-4-18(6-7-19)9-13(17)20/h2-3,8H,1,4-7,9H2,(H2,17,20). The van der Waals surface area contributed by atoms with E-state index in [-0.39, 0.29) is 24.2 Å². The van der Waals surface area contributed by atoms with Crippen LogP contribution in [0.3, 0.4) is 0 Å². The molecule has 1 aliphatic heterocycles. The maximum Gasteiger partial charge on any atom is 0.255 e. The zero-order valence-electron chi connectivity index (χ0n) is 11.5. The smallest absolute Gasteiger partial charge is 0.255 e. The summed E-state index contributed by atoms with van der Waals surface area (Å²) in [6, 6.07) is 4.04. The minimum Gasteiger partial charge on any atom is -0.369 e. The topological polar surface area (TPSA) is 66.6 Å². The molecular formula is C14H17BrFN3O2. The molecule has 2 rings (SSSR count). The first-order valence-electron chi connectivity index (χ1n) is 6.72. The van der Waals surface area contributed by atoms with Crippen LogP contribution in [0.15, 0.2) is 22.7 Å². The van der Waals surface area contributed by atoms with Crippen LogP contribution in [-0.2, 0) is 4.79 Å². The van der Waals surface area contributed by atoms with Gasteiger partial charge in [0.1, 0.15) is 5.82 Å².